The Kier molecular flexibility index (Phi) is 7.05. The van der Waals surface area contributed by atoms with E-state index in [1.54, 1.807) is 12.3 Å². The van der Waals surface area contributed by atoms with E-state index in [1.165, 1.54) is 10.7 Å². The van der Waals surface area contributed by atoms with Crippen LogP contribution in [-0.2, 0) is 22.7 Å². The van der Waals surface area contributed by atoms with Gasteiger partial charge in [0, 0.05) is 17.9 Å². The number of amides is 2. The third-order valence-electron chi connectivity index (χ3n) is 4.57. The number of nitrogens with zero attached hydrogens (tertiary/aromatic N) is 3. The largest absolute Gasteiger partial charge is 0.394 e. The Balaban J connectivity index is 1.55. The van der Waals surface area contributed by atoms with Crippen LogP contribution in [0.4, 0.5) is 13.2 Å². The molecule has 1 aliphatic carbocycles. The second kappa shape index (κ2) is 9.56. The average Bonchev–Trinajstić information content (AvgIpc) is 3.47. The second-order valence-electron chi connectivity index (χ2n) is 7.14. The fourth-order valence-corrected chi connectivity index (χ4v) is 3.44. The molecule has 1 fully saturated rings. The van der Waals surface area contributed by atoms with Crippen molar-refractivity contribution < 1.29 is 22.8 Å². The van der Waals surface area contributed by atoms with Crippen LogP contribution in [0.1, 0.15) is 36.9 Å². The minimum atomic E-state index is -4.37. The van der Waals surface area contributed by atoms with Crippen LogP contribution in [0.25, 0.3) is 5.65 Å². The molecular weight excluding hydrogens is 435 g/mol. The zero-order valence-electron chi connectivity index (χ0n) is 16.4. The van der Waals surface area contributed by atoms with Gasteiger partial charge in [0.05, 0.1) is 31.1 Å². The summed E-state index contributed by atoms with van der Waals surface area (Å²) in [5.74, 6) is -0.865. The highest BCUT2D eigenvalue weighted by atomic mass is 32.2. The van der Waals surface area contributed by atoms with Crippen molar-refractivity contribution in [1.82, 2.24) is 25.2 Å². The normalized spacial score (nSPS) is 15.0. The van der Waals surface area contributed by atoms with Crippen molar-refractivity contribution in [2.24, 2.45) is 16.8 Å². The summed E-state index contributed by atoms with van der Waals surface area (Å²) in [6, 6.07) is 1.65. The molecule has 0 aromatic carbocycles. The van der Waals surface area contributed by atoms with E-state index in [4.69, 9.17) is 10.9 Å². The average molecular weight is 457 g/mol. The molecule has 2 amide bonds. The number of alkyl halides is 3. The van der Waals surface area contributed by atoms with E-state index in [0.29, 0.717) is 21.8 Å². The molecule has 13 heteroatoms. The summed E-state index contributed by atoms with van der Waals surface area (Å²) < 4.78 is 38.0. The van der Waals surface area contributed by atoms with Crippen LogP contribution >= 0.6 is 11.9 Å². The number of rotatable bonds is 9. The van der Waals surface area contributed by atoms with Gasteiger partial charge in [-0.1, -0.05) is 0 Å². The van der Waals surface area contributed by atoms with E-state index in [0.717, 1.165) is 24.8 Å². The maximum Gasteiger partial charge on any atom is 0.389 e. The number of hydrogen-bond donors (Lipinski definition) is 4. The van der Waals surface area contributed by atoms with E-state index in [9.17, 15) is 22.8 Å². The van der Waals surface area contributed by atoms with Gasteiger partial charge in [-0.15, -0.1) is 0 Å². The summed E-state index contributed by atoms with van der Waals surface area (Å²) in [6.07, 6.45) is -1.13. The number of allylic oxidation sites excluding steroid dienone is 1. The van der Waals surface area contributed by atoms with Crippen molar-refractivity contribution in [3.05, 3.63) is 40.3 Å². The van der Waals surface area contributed by atoms with Gasteiger partial charge >= 0.3 is 6.18 Å². The van der Waals surface area contributed by atoms with Crippen LogP contribution in [0.15, 0.2) is 29.1 Å². The van der Waals surface area contributed by atoms with E-state index in [2.05, 4.69) is 20.7 Å². The molecular formula is C18H22F3N7O2S. The van der Waals surface area contributed by atoms with Crippen molar-refractivity contribution in [2.45, 2.75) is 44.9 Å². The summed E-state index contributed by atoms with van der Waals surface area (Å²) in [5.41, 5.74) is 7.60. The van der Waals surface area contributed by atoms with Crippen LogP contribution in [0, 0.1) is 5.92 Å². The topological polar surface area (TPSA) is 140 Å². The third kappa shape index (κ3) is 6.59. The molecule has 0 spiro atoms. The van der Waals surface area contributed by atoms with Gasteiger partial charge in [0.25, 0.3) is 5.91 Å². The minimum Gasteiger partial charge on any atom is -0.394 e. The Labute approximate surface area is 179 Å². The van der Waals surface area contributed by atoms with Gasteiger partial charge < -0.3 is 16.4 Å². The van der Waals surface area contributed by atoms with Crippen LogP contribution in [0.5, 0.6) is 0 Å². The van der Waals surface area contributed by atoms with Crippen LogP contribution in [-0.4, -0.2) is 32.6 Å². The molecule has 0 unspecified atom stereocenters. The van der Waals surface area contributed by atoms with E-state index in [-0.39, 0.29) is 24.7 Å². The number of nitrogens with two attached hydrogens (primary N) is 2. The van der Waals surface area contributed by atoms with Gasteiger partial charge in [-0.05, 0) is 42.3 Å². The summed E-state index contributed by atoms with van der Waals surface area (Å²) in [7, 11) is 0. The molecule has 31 heavy (non-hydrogen) atoms. The smallest absolute Gasteiger partial charge is 0.389 e. The van der Waals surface area contributed by atoms with Gasteiger partial charge in [0.2, 0.25) is 5.91 Å². The molecule has 3 rings (SSSR count). The maximum absolute atomic E-state index is 12.3. The fraction of sp³-hybridized carbons (Fsp3) is 0.444. The number of hydrogen-bond acceptors (Lipinski definition) is 7. The number of halogens is 3. The van der Waals surface area contributed by atoms with Gasteiger partial charge in [-0.25, -0.2) is 9.50 Å². The monoisotopic (exact) mass is 457 g/mol. The van der Waals surface area contributed by atoms with Crippen LogP contribution < -0.4 is 21.5 Å². The van der Waals surface area contributed by atoms with E-state index < -0.39 is 30.8 Å². The Hall–Kier alpha value is -2.80. The molecule has 1 saturated carbocycles. The molecule has 0 saturated heterocycles. The predicted octanol–water partition coefficient (Wildman–Crippen LogP) is 1.49. The second-order valence-corrected chi connectivity index (χ2v) is 7.82. The predicted molar refractivity (Wildman–Crippen MR) is 108 cm³/mol. The quantitative estimate of drug-likeness (QED) is 0.330. The van der Waals surface area contributed by atoms with Gasteiger partial charge in [0.15, 0.2) is 5.65 Å². The third-order valence-corrected chi connectivity index (χ3v) is 5.37. The molecule has 168 valence electrons. The standard InChI is InChI=1S/C18H22F3N7O2S/c19-18(20,21)4-3-14(29)24-6-10-5-13-27-12(9-28(13)26-7-10)8-25-17(30)15(22)16(31-23)11-1-2-11/h5,7,9,11H,1-4,6,8,22-23H2,(H,24,29)(H,25,30)/b16-15-. The molecule has 9 nitrogen and oxygen atoms in total. The van der Waals surface area contributed by atoms with Crippen molar-refractivity contribution in [2.75, 3.05) is 0 Å². The molecule has 6 N–H and O–H groups in total. The molecule has 0 radical (unpaired) electrons. The van der Waals surface area contributed by atoms with Crippen molar-refractivity contribution in [3.8, 4) is 0 Å². The zero-order valence-corrected chi connectivity index (χ0v) is 17.2. The number of imidazole rings is 1. The summed E-state index contributed by atoms with van der Waals surface area (Å²) in [6.45, 7) is 0.154. The molecule has 2 aromatic heterocycles. The first-order chi connectivity index (χ1) is 14.7. The summed E-state index contributed by atoms with van der Waals surface area (Å²) >= 11 is 0.993. The van der Waals surface area contributed by atoms with Gasteiger partial charge in [-0.2, -0.15) is 18.3 Å². The number of carbonyl (C=O) groups excluding carboxylic acids is 2. The zero-order chi connectivity index (χ0) is 22.6. The molecule has 0 aliphatic heterocycles. The highest BCUT2D eigenvalue weighted by Crippen LogP contribution is 2.41. The lowest BCUT2D eigenvalue weighted by atomic mass is 10.2. The molecule has 0 atom stereocenters. The maximum atomic E-state index is 12.3. The Bertz CT molecular complexity index is 1000. The van der Waals surface area contributed by atoms with Crippen LogP contribution in [0.2, 0.25) is 0 Å². The lowest BCUT2D eigenvalue weighted by Gasteiger charge is -2.08. The molecule has 0 bridgehead atoms. The SMILES string of the molecule is NS/C(=C(\N)C(=O)NCc1cn2ncc(CNC(=O)CCC(F)(F)F)cc2n1)C1CC1. The Morgan fingerprint density at radius 1 is 1.26 bits per heavy atom. The van der Waals surface area contributed by atoms with Crippen molar-refractivity contribution in [1.29, 1.82) is 0 Å². The first-order valence-corrected chi connectivity index (χ1v) is 10.4. The molecule has 1 aliphatic rings. The lowest BCUT2D eigenvalue weighted by molar-refractivity contribution is -0.144. The van der Waals surface area contributed by atoms with Crippen molar-refractivity contribution >= 4 is 29.4 Å². The highest BCUT2D eigenvalue weighted by molar-refractivity contribution is 8.01. The highest BCUT2D eigenvalue weighted by Gasteiger charge is 2.30. The molecule has 2 heterocycles. The first kappa shape index (κ1) is 22.9. The number of nitrogens with one attached hydrogen (secondary N) is 2. The van der Waals surface area contributed by atoms with E-state index >= 15 is 0 Å². The van der Waals surface area contributed by atoms with Crippen LogP contribution in [0.3, 0.4) is 0 Å². The molecule has 2 aromatic rings. The lowest BCUT2D eigenvalue weighted by Crippen LogP contribution is -2.29. The summed E-state index contributed by atoms with van der Waals surface area (Å²) in [5, 5.41) is 14.9. The summed E-state index contributed by atoms with van der Waals surface area (Å²) in [4.78, 5) is 28.8. The minimum absolute atomic E-state index is 0.0289. The van der Waals surface area contributed by atoms with Gasteiger partial charge in [-0.3, -0.25) is 14.7 Å². The number of carbonyl (C=O) groups is 2. The Morgan fingerprint density at radius 3 is 2.65 bits per heavy atom. The number of fused-ring (bicyclic) bond motifs is 1. The van der Waals surface area contributed by atoms with Crippen molar-refractivity contribution in [3.63, 3.8) is 0 Å². The number of aromatic nitrogens is 3. The Morgan fingerprint density at radius 2 is 2.00 bits per heavy atom. The van der Waals surface area contributed by atoms with Gasteiger partial charge in [0.1, 0.15) is 5.70 Å². The first-order valence-electron chi connectivity index (χ1n) is 9.47. The fourth-order valence-electron chi connectivity index (χ4n) is 2.79. The van der Waals surface area contributed by atoms with E-state index in [1.807, 2.05) is 0 Å².